The highest BCUT2D eigenvalue weighted by Gasteiger charge is 2.43. The quantitative estimate of drug-likeness (QED) is 0.868. The lowest BCUT2D eigenvalue weighted by atomic mass is 9.85. The molecule has 0 bridgehead atoms. The Kier molecular flexibility index (Phi) is 4.92. The predicted molar refractivity (Wildman–Crippen MR) is 89.6 cm³/mol. The number of likely N-dealkylation sites (tertiary alicyclic amines) is 1. The SMILES string of the molecule is CC(CCc1ccco1)N1C(=O)CC[C@H](C(=O)O)[C@H]1c1ccnn1C. The van der Waals surface area contributed by atoms with Crippen molar-refractivity contribution in [1.82, 2.24) is 14.7 Å². The van der Waals surface area contributed by atoms with Crippen LogP contribution in [0.4, 0.5) is 0 Å². The van der Waals surface area contributed by atoms with E-state index in [9.17, 15) is 14.7 Å². The van der Waals surface area contributed by atoms with Crippen molar-refractivity contribution in [2.24, 2.45) is 13.0 Å². The molecule has 2 aromatic rings. The van der Waals surface area contributed by atoms with Gasteiger partial charge in [-0.3, -0.25) is 14.3 Å². The molecule has 3 heterocycles. The van der Waals surface area contributed by atoms with Gasteiger partial charge in [-0.15, -0.1) is 0 Å². The van der Waals surface area contributed by atoms with Crippen LogP contribution < -0.4 is 0 Å². The van der Waals surface area contributed by atoms with E-state index in [1.165, 1.54) is 0 Å². The molecule has 1 unspecified atom stereocenters. The molecule has 3 atom stereocenters. The summed E-state index contributed by atoms with van der Waals surface area (Å²) in [6.07, 6.45) is 5.29. The molecule has 25 heavy (non-hydrogen) atoms. The van der Waals surface area contributed by atoms with E-state index in [4.69, 9.17) is 4.42 Å². The van der Waals surface area contributed by atoms with Gasteiger partial charge in [0.15, 0.2) is 0 Å². The number of hydrogen-bond acceptors (Lipinski definition) is 4. The van der Waals surface area contributed by atoms with Crippen LogP contribution in [-0.2, 0) is 23.1 Å². The van der Waals surface area contributed by atoms with Crippen molar-refractivity contribution in [3.63, 3.8) is 0 Å². The first-order valence-corrected chi connectivity index (χ1v) is 8.53. The van der Waals surface area contributed by atoms with Crippen molar-refractivity contribution in [2.45, 2.75) is 44.7 Å². The van der Waals surface area contributed by atoms with Crippen molar-refractivity contribution in [2.75, 3.05) is 0 Å². The maximum absolute atomic E-state index is 12.7. The van der Waals surface area contributed by atoms with Gasteiger partial charge in [-0.25, -0.2) is 0 Å². The van der Waals surface area contributed by atoms with Gasteiger partial charge in [0.1, 0.15) is 5.76 Å². The second kappa shape index (κ2) is 7.13. The summed E-state index contributed by atoms with van der Waals surface area (Å²) in [6, 6.07) is 4.94. The Balaban J connectivity index is 1.87. The van der Waals surface area contributed by atoms with Crippen LogP contribution in [0.3, 0.4) is 0 Å². The number of nitrogens with zero attached hydrogens (tertiary/aromatic N) is 3. The number of aromatic nitrogens is 2. The number of carboxylic acids is 1. The molecule has 0 aromatic carbocycles. The van der Waals surface area contributed by atoms with Crippen LogP contribution in [0.2, 0.25) is 0 Å². The van der Waals surface area contributed by atoms with E-state index in [1.54, 1.807) is 35.2 Å². The second-order valence-corrected chi connectivity index (χ2v) is 6.58. The summed E-state index contributed by atoms with van der Waals surface area (Å²) in [5.41, 5.74) is 0.755. The average molecular weight is 345 g/mol. The topological polar surface area (TPSA) is 88.6 Å². The fourth-order valence-corrected chi connectivity index (χ4v) is 3.66. The molecule has 2 aromatic heterocycles. The van der Waals surface area contributed by atoms with E-state index in [0.29, 0.717) is 19.3 Å². The Labute approximate surface area is 146 Å². The molecular weight excluding hydrogens is 322 g/mol. The lowest BCUT2D eigenvalue weighted by Crippen LogP contribution is -2.50. The number of aryl methyl sites for hydroxylation is 2. The van der Waals surface area contributed by atoms with Crippen LogP contribution in [0, 0.1) is 5.92 Å². The highest BCUT2D eigenvalue weighted by molar-refractivity contribution is 5.82. The first-order valence-electron chi connectivity index (χ1n) is 8.53. The number of amides is 1. The summed E-state index contributed by atoms with van der Waals surface area (Å²) in [5.74, 6) is -0.639. The van der Waals surface area contributed by atoms with E-state index in [-0.39, 0.29) is 18.4 Å². The largest absolute Gasteiger partial charge is 0.481 e. The molecule has 1 saturated heterocycles. The van der Waals surface area contributed by atoms with Crippen LogP contribution >= 0.6 is 0 Å². The maximum Gasteiger partial charge on any atom is 0.309 e. The van der Waals surface area contributed by atoms with Gasteiger partial charge in [-0.1, -0.05) is 0 Å². The molecule has 0 radical (unpaired) electrons. The van der Waals surface area contributed by atoms with Crippen molar-refractivity contribution < 1.29 is 19.1 Å². The Morgan fingerprint density at radius 1 is 1.48 bits per heavy atom. The molecule has 0 spiro atoms. The summed E-state index contributed by atoms with van der Waals surface area (Å²) in [5, 5.41) is 13.8. The van der Waals surface area contributed by atoms with Crippen molar-refractivity contribution in [3.8, 4) is 0 Å². The van der Waals surface area contributed by atoms with E-state index in [2.05, 4.69) is 5.10 Å². The standard InChI is InChI=1S/C18H23N3O4/c1-12(5-6-13-4-3-11-25-13)21-16(22)8-7-14(18(23)24)17(21)15-9-10-19-20(15)2/h3-4,9-12,14,17H,5-8H2,1-2H3,(H,23,24)/t12?,14-,17-/m0/s1. The monoisotopic (exact) mass is 345 g/mol. The minimum absolute atomic E-state index is 0.00403. The number of carbonyl (C=O) groups is 2. The van der Waals surface area contributed by atoms with Crippen LogP contribution in [-0.4, -0.2) is 37.7 Å². The van der Waals surface area contributed by atoms with Gasteiger partial charge in [-0.05, 0) is 38.0 Å². The molecule has 3 rings (SSSR count). The van der Waals surface area contributed by atoms with E-state index < -0.39 is 17.9 Å². The van der Waals surface area contributed by atoms with Crippen LogP contribution in [0.1, 0.15) is 43.7 Å². The lowest BCUT2D eigenvalue weighted by molar-refractivity contribution is -0.154. The van der Waals surface area contributed by atoms with Gasteiger partial charge in [0.2, 0.25) is 5.91 Å². The number of furan rings is 1. The van der Waals surface area contributed by atoms with Crippen LogP contribution in [0.25, 0.3) is 0 Å². The molecule has 1 amide bonds. The van der Waals surface area contributed by atoms with Gasteiger partial charge < -0.3 is 14.4 Å². The summed E-state index contributed by atoms with van der Waals surface area (Å²) < 4.78 is 7.02. The number of rotatable bonds is 6. The zero-order chi connectivity index (χ0) is 18.0. The van der Waals surface area contributed by atoms with E-state index in [1.807, 2.05) is 19.1 Å². The first-order chi connectivity index (χ1) is 12.0. The molecule has 1 N–H and O–H groups in total. The highest BCUT2D eigenvalue weighted by atomic mass is 16.4. The minimum atomic E-state index is -0.873. The fraction of sp³-hybridized carbons (Fsp3) is 0.500. The van der Waals surface area contributed by atoms with Gasteiger partial charge in [-0.2, -0.15) is 5.10 Å². The van der Waals surface area contributed by atoms with Gasteiger partial charge in [0, 0.05) is 32.1 Å². The van der Waals surface area contributed by atoms with Gasteiger partial charge in [0.05, 0.1) is 23.9 Å². The summed E-state index contributed by atoms with van der Waals surface area (Å²) in [6.45, 7) is 1.97. The lowest BCUT2D eigenvalue weighted by Gasteiger charge is -2.43. The molecule has 0 aliphatic carbocycles. The third-order valence-electron chi connectivity index (χ3n) is 4.98. The van der Waals surface area contributed by atoms with Crippen LogP contribution in [0.5, 0.6) is 0 Å². The molecule has 0 saturated carbocycles. The second-order valence-electron chi connectivity index (χ2n) is 6.58. The summed E-state index contributed by atoms with van der Waals surface area (Å²) in [4.78, 5) is 26.2. The number of hydrogen-bond donors (Lipinski definition) is 1. The smallest absolute Gasteiger partial charge is 0.309 e. The van der Waals surface area contributed by atoms with Crippen molar-refractivity contribution in [1.29, 1.82) is 0 Å². The number of carbonyl (C=O) groups excluding carboxylic acids is 1. The maximum atomic E-state index is 12.7. The first kappa shape index (κ1) is 17.3. The minimum Gasteiger partial charge on any atom is -0.481 e. The Morgan fingerprint density at radius 2 is 2.28 bits per heavy atom. The van der Waals surface area contributed by atoms with E-state index in [0.717, 1.165) is 11.5 Å². The molecule has 1 fully saturated rings. The van der Waals surface area contributed by atoms with Crippen LogP contribution in [0.15, 0.2) is 35.1 Å². The van der Waals surface area contributed by atoms with Crippen molar-refractivity contribution in [3.05, 3.63) is 42.1 Å². The molecule has 134 valence electrons. The molecule has 1 aliphatic heterocycles. The Hall–Kier alpha value is -2.57. The molecule has 7 nitrogen and oxygen atoms in total. The van der Waals surface area contributed by atoms with Crippen molar-refractivity contribution >= 4 is 11.9 Å². The zero-order valence-electron chi connectivity index (χ0n) is 14.5. The van der Waals surface area contributed by atoms with Gasteiger partial charge >= 0.3 is 5.97 Å². The normalized spacial score (nSPS) is 22.2. The molecular formula is C18H23N3O4. The Bertz CT molecular complexity index is 737. The number of aliphatic carboxylic acids is 1. The predicted octanol–water partition coefficient (Wildman–Crippen LogP) is 2.40. The summed E-state index contributed by atoms with van der Waals surface area (Å²) >= 11 is 0. The highest BCUT2D eigenvalue weighted by Crippen LogP contribution is 2.38. The fourth-order valence-electron chi connectivity index (χ4n) is 3.66. The average Bonchev–Trinajstić information content (AvgIpc) is 3.23. The number of carboxylic acid groups (broad SMARTS) is 1. The van der Waals surface area contributed by atoms with Gasteiger partial charge in [0.25, 0.3) is 0 Å². The summed E-state index contributed by atoms with van der Waals surface area (Å²) in [7, 11) is 1.78. The third kappa shape index (κ3) is 3.45. The zero-order valence-corrected chi connectivity index (χ0v) is 14.5. The van der Waals surface area contributed by atoms with E-state index >= 15 is 0 Å². The molecule has 1 aliphatic rings. The third-order valence-corrected chi connectivity index (χ3v) is 4.98. The number of piperidine rings is 1. The Morgan fingerprint density at radius 3 is 2.88 bits per heavy atom. The molecule has 7 heteroatoms.